The highest BCUT2D eigenvalue weighted by Gasteiger charge is 2.25. The smallest absolute Gasteiger partial charge is 0.286 e. The molecule has 1 N–H and O–H groups in total. The third-order valence-corrected chi connectivity index (χ3v) is 4.98. The number of rotatable bonds is 8. The van der Waals surface area contributed by atoms with Crippen LogP contribution in [0, 0.1) is 10.1 Å². The number of benzene rings is 2. The number of morpholine rings is 1. The van der Waals surface area contributed by atoms with Gasteiger partial charge in [0.25, 0.3) is 11.6 Å². The van der Waals surface area contributed by atoms with E-state index in [0.29, 0.717) is 19.7 Å². The molecule has 0 bridgehead atoms. The molecule has 1 aliphatic heterocycles. The highest BCUT2D eigenvalue weighted by molar-refractivity contribution is 5.99. The number of carbonyl (C=O) groups excluding carboxylic acids is 1. The fourth-order valence-corrected chi connectivity index (χ4v) is 3.40. The van der Waals surface area contributed by atoms with Crippen LogP contribution in [0.25, 0.3) is 0 Å². The number of nitro benzene ring substituents is 1. The number of amides is 1. The van der Waals surface area contributed by atoms with Gasteiger partial charge in [0.05, 0.1) is 37.9 Å². The molecule has 1 fully saturated rings. The molecule has 0 radical (unpaired) electrons. The van der Waals surface area contributed by atoms with Crippen LogP contribution in [0.2, 0.25) is 0 Å². The zero-order chi connectivity index (χ0) is 21.5. The number of methoxy groups -OCH3 is 2. The molecule has 0 saturated carbocycles. The van der Waals surface area contributed by atoms with E-state index in [4.69, 9.17) is 14.2 Å². The van der Waals surface area contributed by atoms with Crippen molar-refractivity contribution < 1.29 is 23.9 Å². The van der Waals surface area contributed by atoms with E-state index in [1.807, 2.05) is 30.3 Å². The van der Waals surface area contributed by atoms with Crippen molar-refractivity contribution in [2.75, 3.05) is 47.0 Å². The zero-order valence-corrected chi connectivity index (χ0v) is 17.0. The van der Waals surface area contributed by atoms with E-state index in [9.17, 15) is 14.9 Å². The number of nitrogens with zero attached hydrogens (tertiary/aromatic N) is 2. The number of ether oxygens (including phenoxy) is 3. The molecule has 1 aliphatic rings. The summed E-state index contributed by atoms with van der Waals surface area (Å²) in [4.78, 5) is 25.6. The molecule has 1 heterocycles. The molecule has 0 spiro atoms. The van der Waals surface area contributed by atoms with Crippen LogP contribution in [0.15, 0.2) is 42.5 Å². The molecular formula is C21H25N3O6. The first-order valence-electron chi connectivity index (χ1n) is 9.61. The minimum atomic E-state index is -0.608. The summed E-state index contributed by atoms with van der Waals surface area (Å²) in [5.74, 6) is -0.0799. The summed E-state index contributed by atoms with van der Waals surface area (Å²) >= 11 is 0. The van der Waals surface area contributed by atoms with Gasteiger partial charge in [-0.2, -0.15) is 0 Å². The van der Waals surface area contributed by atoms with Gasteiger partial charge >= 0.3 is 0 Å². The number of nitro groups is 1. The van der Waals surface area contributed by atoms with Crippen LogP contribution in [0.1, 0.15) is 22.0 Å². The largest absolute Gasteiger partial charge is 0.493 e. The molecule has 1 saturated heterocycles. The molecule has 0 aromatic heterocycles. The summed E-state index contributed by atoms with van der Waals surface area (Å²) in [6, 6.07) is 12.5. The van der Waals surface area contributed by atoms with Crippen molar-refractivity contribution in [2.45, 2.75) is 6.10 Å². The Morgan fingerprint density at radius 1 is 1.23 bits per heavy atom. The van der Waals surface area contributed by atoms with E-state index in [-0.39, 0.29) is 28.9 Å². The first-order chi connectivity index (χ1) is 14.5. The van der Waals surface area contributed by atoms with Gasteiger partial charge in [-0.05, 0) is 5.56 Å². The second-order valence-corrected chi connectivity index (χ2v) is 6.81. The summed E-state index contributed by atoms with van der Waals surface area (Å²) in [7, 11) is 2.79. The Kier molecular flexibility index (Phi) is 7.21. The zero-order valence-electron chi connectivity index (χ0n) is 17.0. The van der Waals surface area contributed by atoms with Gasteiger partial charge in [0.1, 0.15) is 5.56 Å². The van der Waals surface area contributed by atoms with Gasteiger partial charge in [-0.1, -0.05) is 30.3 Å². The quantitative estimate of drug-likeness (QED) is 0.522. The Morgan fingerprint density at radius 2 is 1.93 bits per heavy atom. The van der Waals surface area contributed by atoms with E-state index in [2.05, 4.69) is 10.2 Å². The van der Waals surface area contributed by atoms with Gasteiger partial charge in [0, 0.05) is 32.2 Å². The van der Waals surface area contributed by atoms with Crippen molar-refractivity contribution in [1.82, 2.24) is 10.2 Å². The Labute approximate surface area is 174 Å². The highest BCUT2D eigenvalue weighted by atomic mass is 16.6. The van der Waals surface area contributed by atoms with Gasteiger partial charge < -0.3 is 19.5 Å². The predicted molar refractivity (Wildman–Crippen MR) is 110 cm³/mol. The summed E-state index contributed by atoms with van der Waals surface area (Å²) in [6.07, 6.45) is -0.0115. The topological polar surface area (TPSA) is 103 Å². The van der Waals surface area contributed by atoms with Crippen molar-refractivity contribution in [3.05, 3.63) is 63.7 Å². The fourth-order valence-electron chi connectivity index (χ4n) is 3.40. The van der Waals surface area contributed by atoms with Crippen LogP contribution in [0.5, 0.6) is 11.5 Å². The number of hydrogen-bond donors (Lipinski definition) is 1. The van der Waals surface area contributed by atoms with E-state index in [1.165, 1.54) is 26.4 Å². The second kappa shape index (κ2) is 10.0. The molecule has 9 heteroatoms. The van der Waals surface area contributed by atoms with Crippen molar-refractivity contribution in [3.63, 3.8) is 0 Å². The van der Waals surface area contributed by atoms with Crippen molar-refractivity contribution in [2.24, 2.45) is 0 Å². The molecule has 2 aromatic rings. The SMILES string of the molecule is COc1cc(C(=O)NCCN2CCOC(c3ccccc3)C2)c([N+](=O)[O-])cc1OC. The molecule has 3 rings (SSSR count). The van der Waals surface area contributed by atoms with E-state index in [1.54, 1.807) is 0 Å². The van der Waals surface area contributed by atoms with Crippen LogP contribution in [0.3, 0.4) is 0 Å². The first-order valence-corrected chi connectivity index (χ1v) is 9.61. The molecule has 1 unspecified atom stereocenters. The average Bonchev–Trinajstić information content (AvgIpc) is 2.78. The molecular weight excluding hydrogens is 390 g/mol. The Hall–Kier alpha value is -3.17. The third kappa shape index (κ3) is 5.05. The van der Waals surface area contributed by atoms with Crippen LogP contribution in [0.4, 0.5) is 5.69 Å². The van der Waals surface area contributed by atoms with Crippen LogP contribution < -0.4 is 14.8 Å². The summed E-state index contributed by atoms with van der Waals surface area (Å²) in [6.45, 7) is 3.05. The Bertz CT molecular complexity index is 890. The lowest BCUT2D eigenvalue weighted by Crippen LogP contribution is -2.42. The maximum atomic E-state index is 12.6. The van der Waals surface area contributed by atoms with Gasteiger partial charge in [-0.3, -0.25) is 19.8 Å². The summed E-state index contributed by atoms with van der Waals surface area (Å²) in [5.41, 5.74) is 0.717. The molecule has 9 nitrogen and oxygen atoms in total. The maximum absolute atomic E-state index is 12.6. The Balaban J connectivity index is 1.61. The van der Waals surface area contributed by atoms with Crippen LogP contribution >= 0.6 is 0 Å². The Morgan fingerprint density at radius 3 is 2.60 bits per heavy atom. The standard InChI is InChI=1S/C21H25N3O6/c1-28-18-12-16(17(24(26)27)13-19(18)29-2)21(25)22-8-9-23-10-11-30-20(14-23)15-6-4-3-5-7-15/h3-7,12-13,20H,8-11,14H2,1-2H3,(H,22,25). The highest BCUT2D eigenvalue weighted by Crippen LogP contribution is 2.34. The molecule has 160 valence electrons. The van der Waals surface area contributed by atoms with Crippen molar-refractivity contribution >= 4 is 11.6 Å². The average molecular weight is 415 g/mol. The minimum absolute atomic E-state index is 0.0115. The lowest BCUT2D eigenvalue weighted by Gasteiger charge is -2.33. The predicted octanol–water partition coefficient (Wildman–Crippen LogP) is 2.42. The molecule has 1 amide bonds. The maximum Gasteiger partial charge on any atom is 0.286 e. The molecule has 1 atom stereocenters. The van der Waals surface area contributed by atoms with E-state index in [0.717, 1.165) is 18.7 Å². The van der Waals surface area contributed by atoms with Crippen molar-refractivity contribution in [3.8, 4) is 11.5 Å². The van der Waals surface area contributed by atoms with Crippen molar-refractivity contribution in [1.29, 1.82) is 0 Å². The molecule has 0 aliphatic carbocycles. The number of nitrogens with one attached hydrogen (secondary N) is 1. The second-order valence-electron chi connectivity index (χ2n) is 6.81. The number of hydrogen-bond acceptors (Lipinski definition) is 7. The summed E-state index contributed by atoms with van der Waals surface area (Å²) in [5, 5.41) is 14.2. The third-order valence-electron chi connectivity index (χ3n) is 4.98. The lowest BCUT2D eigenvalue weighted by molar-refractivity contribution is -0.385. The van der Waals surface area contributed by atoms with Crippen LogP contribution in [-0.4, -0.2) is 62.7 Å². The fraction of sp³-hybridized carbons (Fsp3) is 0.381. The monoisotopic (exact) mass is 415 g/mol. The van der Waals surface area contributed by atoms with E-state index < -0.39 is 10.8 Å². The van der Waals surface area contributed by atoms with E-state index >= 15 is 0 Å². The van der Waals surface area contributed by atoms with Gasteiger partial charge in [-0.15, -0.1) is 0 Å². The van der Waals surface area contributed by atoms with Crippen LogP contribution in [-0.2, 0) is 4.74 Å². The molecule has 30 heavy (non-hydrogen) atoms. The first kappa shape index (κ1) is 21.5. The van der Waals surface area contributed by atoms with Gasteiger partial charge in [-0.25, -0.2) is 0 Å². The molecule has 2 aromatic carbocycles. The lowest BCUT2D eigenvalue weighted by atomic mass is 10.1. The number of carbonyl (C=O) groups is 1. The summed E-state index contributed by atoms with van der Waals surface area (Å²) < 4.78 is 16.1. The van der Waals surface area contributed by atoms with Gasteiger partial charge in [0.2, 0.25) is 0 Å². The van der Waals surface area contributed by atoms with Gasteiger partial charge in [0.15, 0.2) is 11.5 Å². The normalized spacial score (nSPS) is 16.7. The minimum Gasteiger partial charge on any atom is -0.493 e.